The van der Waals surface area contributed by atoms with Gasteiger partial charge in [0.1, 0.15) is 11.8 Å². The van der Waals surface area contributed by atoms with Crippen LogP contribution in [0, 0.1) is 0 Å². The molecule has 3 aromatic rings. The number of nitrogens with one attached hydrogen (secondary N) is 2. The van der Waals surface area contributed by atoms with E-state index in [1.807, 2.05) is 37.3 Å². The van der Waals surface area contributed by atoms with Crippen molar-refractivity contribution in [3.63, 3.8) is 0 Å². The maximum absolute atomic E-state index is 13.0. The van der Waals surface area contributed by atoms with Gasteiger partial charge in [-0.05, 0) is 55.3 Å². The average Bonchev–Trinajstić information content (AvgIpc) is 2.76. The van der Waals surface area contributed by atoms with Crippen LogP contribution in [-0.4, -0.2) is 27.0 Å². The number of anilines is 1. The number of carbonyl (C=O) groups is 1. The minimum atomic E-state index is -3.86. The molecule has 0 heterocycles. The van der Waals surface area contributed by atoms with Gasteiger partial charge in [-0.3, -0.25) is 4.79 Å². The lowest BCUT2D eigenvalue weighted by atomic mass is 10.1. The second-order valence-electron chi connectivity index (χ2n) is 6.62. The number of sulfonamides is 1. The molecule has 0 fully saturated rings. The van der Waals surface area contributed by atoms with Gasteiger partial charge in [-0.15, -0.1) is 0 Å². The number of ether oxygens (including phenoxy) is 1. The fourth-order valence-corrected chi connectivity index (χ4v) is 4.14. The van der Waals surface area contributed by atoms with Gasteiger partial charge in [0.2, 0.25) is 15.9 Å². The Morgan fingerprint density at radius 2 is 1.50 bits per heavy atom. The molecule has 0 radical (unpaired) electrons. The number of hydrogen-bond donors (Lipinski definition) is 2. The van der Waals surface area contributed by atoms with E-state index in [2.05, 4.69) is 10.0 Å². The molecule has 0 aliphatic carbocycles. The van der Waals surface area contributed by atoms with Crippen molar-refractivity contribution in [3.8, 4) is 5.75 Å². The summed E-state index contributed by atoms with van der Waals surface area (Å²) in [7, 11) is -3.86. The molecule has 3 rings (SSSR count). The van der Waals surface area contributed by atoms with Crippen molar-refractivity contribution in [3.05, 3.63) is 90.5 Å². The number of benzene rings is 3. The van der Waals surface area contributed by atoms with E-state index in [9.17, 15) is 13.2 Å². The van der Waals surface area contributed by atoms with Crippen molar-refractivity contribution in [2.75, 3.05) is 11.9 Å². The molecule has 156 valence electrons. The van der Waals surface area contributed by atoms with Gasteiger partial charge in [0.05, 0.1) is 11.5 Å². The van der Waals surface area contributed by atoms with Crippen LogP contribution in [0.25, 0.3) is 0 Å². The summed E-state index contributed by atoms with van der Waals surface area (Å²) in [5, 5.41) is 2.78. The van der Waals surface area contributed by atoms with E-state index >= 15 is 0 Å². The van der Waals surface area contributed by atoms with Crippen molar-refractivity contribution < 1.29 is 17.9 Å². The fourth-order valence-electron chi connectivity index (χ4n) is 2.92. The molecule has 0 aliphatic heterocycles. The van der Waals surface area contributed by atoms with E-state index in [1.54, 1.807) is 42.5 Å². The monoisotopic (exact) mass is 424 g/mol. The lowest BCUT2D eigenvalue weighted by Crippen LogP contribution is -2.45. The number of hydrogen-bond acceptors (Lipinski definition) is 4. The molecule has 0 spiro atoms. The normalized spacial score (nSPS) is 12.2. The van der Waals surface area contributed by atoms with Gasteiger partial charge in [-0.25, -0.2) is 8.42 Å². The molecule has 1 amide bonds. The minimum Gasteiger partial charge on any atom is -0.494 e. The zero-order chi connectivity index (χ0) is 21.4. The Morgan fingerprint density at radius 3 is 2.10 bits per heavy atom. The lowest BCUT2D eigenvalue weighted by molar-refractivity contribution is -0.117. The van der Waals surface area contributed by atoms with Crippen molar-refractivity contribution in [2.24, 2.45) is 0 Å². The van der Waals surface area contributed by atoms with E-state index in [-0.39, 0.29) is 11.3 Å². The Hall–Kier alpha value is -3.16. The maximum atomic E-state index is 13.0. The summed E-state index contributed by atoms with van der Waals surface area (Å²) in [5.74, 6) is 0.253. The van der Waals surface area contributed by atoms with Gasteiger partial charge in [-0.1, -0.05) is 48.5 Å². The zero-order valence-corrected chi connectivity index (χ0v) is 17.4. The van der Waals surface area contributed by atoms with Crippen LogP contribution >= 0.6 is 0 Å². The van der Waals surface area contributed by atoms with Gasteiger partial charge < -0.3 is 10.1 Å². The summed E-state index contributed by atoms with van der Waals surface area (Å²) in [4.78, 5) is 13.1. The van der Waals surface area contributed by atoms with Crippen LogP contribution in [0.1, 0.15) is 12.5 Å². The van der Waals surface area contributed by atoms with Crippen LogP contribution in [0.3, 0.4) is 0 Å². The standard InChI is InChI=1S/C23H24N2O4S/c1-2-29-20-15-13-19(14-16-20)24-23(26)22(17-18-9-5-3-6-10-18)25-30(27,28)21-11-7-4-8-12-21/h3-16,22,25H,2,17H2,1H3,(H,24,26)/t22-/m0/s1. The van der Waals surface area contributed by atoms with Gasteiger partial charge in [0, 0.05) is 5.69 Å². The van der Waals surface area contributed by atoms with Gasteiger partial charge in [0.25, 0.3) is 0 Å². The van der Waals surface area contributed by atoms with E-state index in [4.69, 9.17) is 4.74 Å². The van der Waals surface area contributed by atoms with E-state index in [1.165, 1.54) is 12.1 Å². The molecule has 0 aliphatic rings. The summed E-state index contributed by atoms with van der Waals surface area (Å²) in [6.45, 7) is 2.44. The number of amides is 1. The summed E-state index contributed by atoms with van der Waals surface area (Å²) in [6.07, 6.45) is 0.218. The van der Waals surface area contributed by atoms with Crippen LogP contribution in [0.15, 0.2) is 89.8 Å². The summed E-state index contributed by atoms with van der Waals surface area (Å²) < 4.78 is 33.5. The Bertz CT molecular complexity index is 1050. The first kappa shape index (κ1) is 21.5. The third kappa shape index (κ3) is 5.92. The highest BCUT2D eigenvalue weighted by Gasteiger charge is 2.26. The van der Waals surface area contributed by atoms with Crippen LogP contribution in [0.4, 0.5) is 5.69 Å². The Labute approximate surface area is 177 Å². The molecule has 0 bridgehead atoms. The molecule has 0 unspecified atom stereocenters. The number of carbonyl (C=O) groups excluding carboxylic acids is 1. The van der Waals surface area contributed by atoms with Gasteiger partial charge >= 0.3 is 0 Å². The largest absolute Gasteiger partial charge is 0.494 e. The zero-order valence-electron chi connectivity index (χ0n) is 16.6. The molecule has 0 saturated carbocycles. The van der Waals surface area contributed by atoms with Crippen LogP contribution in [0.5, 0.6) is 5.75 Å². The van der Waals surface area contributed by atoms with E-state index in [0.717, 1.165) is 5.56 Å². The van der Waals surface area contributed by atoms with Crippen LogP contribution < -0.4 is 14.8 Å². The molecule has 6 nitrogen and oxygen atoms in total. The van der Waals surface area contributed by atoms with E-state index < -0.39 is 22.0 Å². The highest BCUT2D eigenvalue weighted by Crippen LogP contribution is 2.17. The second kappa shape index (κ2) is 10.0. The number of rotatable bonds is 9. The summed E-state index contributed by atoms with van der Waals surface area (Å²) in [5.41, 5.74) is 1.40. The first-order chi connectivity index (χ1) is 14.5. The molecule has 3 aromatic carbocycles. The summed E-state index contributed by atoms with van der Waals surface area (Å²) in [6, 6.07) is 23.2. The topological polar surface area (TPSA) is 84.5 Å². The maximum Gasteiger partial charge on any atom is 0.242 e. The molecule has 2 N–H and O–H groups in total. The lowest BCUT2D eigenvalue weighted by Gasteiger charge is -2.19. The predicted octanol–water partition coefficient (Wildman–Crippen LogP) is 3.61. The van der Waals surface area contributed by atoms with E-state index in [0.29, 0.717) is 18.0 Å². The van der Waals surface area contributed by atoms with Gasteiger partial charge in [0.15, 0.2) is 0 Å². The van der Waals surface area contributed by atoms with Crippen molar-refractivity contribution >= 4 is 21.6 Å². The molecular weight excluding hydrogens is 400 g/mol. The highest BCUT2D eigenvalue weighted by atomic mass is 32.2. The first-order valence-electron chi connectivity index (χ1n) is 9.63. The Morgan fingerprint density at radius 1 is 0.900 bits per heavy atom. The smallest absolute Gasteiger partial charge is 0.242 e. The molecule has 1 atom stereocenters. The second-order valence-corrected chi connectivity index (χ2v) is 8.34. The molecule has 0 saturated heterocycles. The third-order valence-electron chi connectivity index (χ3n) is 4.38. The van der Waals surface area contributed by atoms with Crippen LogP contribution in [0.2, 0.25) is 0 Å². The SMILES string of the molecule is CCOc1ccc(NC(=O)[C@H](Cc2ccccc2)NS(=O)(=O)c2ccccc2)cc1. The predicted molar refractivity (Wildman–Crippen MR) is 117 cm³/mol. The molecule has 30 heavy (non-hydrogen) atoms. The van der Waals surface area contributed by atoms with Gasteiger partial charge in [-0.2, -0.15) is 4.72 Å². The molecule has 7 heteroatoms. The van der Waals surface area contributed by atoms with Crippen molar-refractivity contribution in [1.29, 1.82) is 0 Å². The third-order valence-corrected chi connectivity index (χ3v) is 5.87. The Kier molecular flexibility index (Phi) is 7.21. The van der Waals surface area contributed by atoms with Crippen LogP contribution in [-0.2, 0) is 21.2 Å². The fraction of sp³-hybridized carbons (Fsp3) is 0.174. The minimum absolute atomic E-state index is 0.108. The summed E-state index contributed by atoms with van der Waals surface area (Å²) >= 11 is 0. The highest BCUT2D eigenvalue weighted by molar-refractivity contribution is 7.89. The van der Waals surface area contributed by atoms with Crippen molar-refractivity contribution in [1.82, 2.24) is 4.72 Å². The quantitative estimate of drug-likeness (QED) is 0.550. The molecule has 0 aromatic heterocycles. The van der Waals surface area contributed by atoms with Crippen molar-refractivity contribution in [2.45, 2.75) is 24.3 Å². The first-order valence-corrected chi connectivity index (χ1v) is 11.1. The average molecular weight is 425 g/mol. The Balaban J connectivity index is 1.80. The molecular formula is C23H24N2O4S.